The van der Waals surface area contributed by atoms with E-state index < -0.39 is 14.8 Å². The number of allylic oxidation sites excluding steroid dienone is 1. The molecule has 0 aliphatic heterocycles. The predicted molar refractivity (Wildman–Crippen MR) is 127 cm³/mol. The fourth-order valence-corrected chi connectivity index (χ4v) is 5.33. The maximum Gasteiger partial charge on any atom is 0.282 e. The molecular formula is C24H22ClNO2S2. The van der Waals surface area contributed by atoms with Crippen LogP contribution < -0.4 is 0 Å². The van der Waals surface area contributed by atoms with Crippen molar-refractivity contribution in [2.45, 2.75) is 27.9 Å². The third-order valence-electron chi connectivity index (χ3n) is 4.54. The van der Waals surface area contributed by atoms with Crippen LogP contribution in [-0.4, -0.2) is 14.6 Å². The van der Waals surface area contributed by atoms with Crippen LogP contribution in [0.3, 0.4) is 0 Å². The summed E-state index contributed by atoms with van der Waals surface area (Å²) >= 11 is 7.61. The first-order valence-corrected chi connectivity index (χ1v) is 12.0. The summed E-state index contributed by atoms with van der Waals surface area (Å²) in [6.45, 7) is 5.80. The molecule has 3 aromatic carbocycles. The normalized spacial score (nSPS) is 13.8. The Morgan fingerprint density at radius 2 is 1.63 bits per heavy atom. The van der Waals surface area contributed by atoms with Crippen LogP contribution in [0.5, 0.6) is 0 Å². The molecular weight excluding hydrogens is 434 g/mol. The minimum atomic E-state index is -3.84. The summed E-state index contributed by atoms with van der Waals surface area (Å²) < 4.78 is 29.1. The molecule has 0 heterocycles. The van der Waals surface area contributed by atoms with Crippen LogP contribution in [0.4, 0.5) is 0 Å². The van der Waals surface area contributed by atoms with Crippen molar-refractivity contribution in [1.82, 2.24) is 0 Å². The SMILES string of the molecule is C=CCC(/C=N/S(=O)(=O)c1ccc(C)cc1)(Sc1ccccc1)c1ccc(Cl)cc1. The average Bonchev–Trinajstić information content (AvgIpc) is 2.74. The zero-order valence-corrected chi connectivity index (χ0v) is 18.9. The van der Waals surface area contributed by atoms with E-state index >= 15 is 0 Å². The van der Waals surface area contributed by atoms with Crippen molar-refractivity contribution < 1.29 is 8.42 Å². The smallest absolute Gasteiger partial charge is 0.199 e. The number of nitrogens with zero attached hydrogens (tertiary/aromatic N) is 1. The van der Waals surface area contributed by atoms with Crippen LogP contribution >= 0.6 is 23.4 Å². The van der Waals surface area contributed by atoms with Crippen LogP contribution in [0.25, 0.3) is 0 Å². The molecule has 0 fully saturated rings. The number of sulfonamides is 1. The van der Waals surface area contributed by atoms with E-state index in [1.807, 2.05) is 49.4 Å². The van der Waals surface area contributed by atoms with Crippen molar-refractivity contribution in [1.29, 1.82) is 0 Å². The predicted octanol–water partition coefficient (Wildman–Crippen LogP) is 6.67. The van der Waals surface area contributed by atoms with Crippen LogP contribution in [0.1, 0.15) is 17.5 Å². The number of hydrogen-bond donors (Lipinski definition) is 0. The number of halogens is 1. The van der Waals surface area contributed by atoms with Crippen molar-refractivity contribution in [3.63, 3.8) is 0 Å². The summed E-state index contributed by atoms with van der Waals surface area (Å²) in [7, 11) is -3.84. The largest absolute Gasteiger partial charge is 0.282 e. The zero-order valence-electron chi connectivity index (χ0n) is 16.5. The maximum absolute atomic E-state index is 12.9. The highest BCUT2D eigenvalue weighted by molar-refractivity contribution is 8.01. The van der Waals surface area contributed by atoms with Crippen LogP contribution in [0.15, 0.2) is 106 Å². The highest BCUT2D eigenvalue weighted by atomic mass is 35.5. The van der Waals surface area contributed by atoms with Crippen LogP contribution in [0, 0.1) is 6.92 Å². The first-order valence-electron chi connectivity index (χ1n) is 9.34. The lowest BCUT2D eigenvalue weighted by atomic mass is 9.96. The molecule has 0 amide bonds. The van der Waals surface area contributed by atoms with Crippen molar-refractivity contribution in [3.8, 4) is 0 Å². The Morgan fingerprint density at radius 3 is 2.23 bits per heavy atom. The lowest BCUT2D eigenvalue weighted by molar-refractivity contribution is 0.598. The molecule has 0 spiro atoms. The molecule has 3 rings (SSSR count). The van der Waals surface area contributed by atoms with Gasteiger partial charge in [0.15, 0.2) is 0 Å². The molecule has 0 aliphatic rings. The van der Waals surface area contributed by atoms with Gasteiger partial charge in [-0.25, -0.2) is 0 Å². The van der Waals surface area contributed by atoms with Gasteiger partial charge in [-0.1, -0.05) is 65.7 Å². The molecule has 6 heteroatoms. The zero-order chi connectivity index (χ0) is 21.6. The standard InChI is InChI=1S/C24H22ClNO2S2/c1-3-17-24(20-11-13-21(25)14-12-20,29-22-7-5-4-6-8-22)18-26-30(27,28)23-15-9-19(2)10-16-23/h3-16,18H,1,17H2,2H3/b26-18+. The summed E-state index contributed by atoms with van der Waals surface area (Å²) in [5, 5.41) is 0.611. The van der Waals surface area contributed by atoms with Gasteiger partial charge < -0.3 is 0 Å². The number of hydrogen-bond acceptors (Lipinski definition) is 3. The molecule has 1 atom stereocenters. The van der Waals surface area contributed by atoms with E-state index in [-0.39, 0.29) is 4.90 Å². The average molecular weight is 456 g/mol. The van der Waals surface area contributed by atoms with Gasteiger partial charge in [0.1, 0.15) is 0 Å². The Balaban J connectivity index is 2.09. The second-order valence-corrected chi connectivity index (χ2v) is 10.3. The molecule has 0 radical (unpaired) electrons. The molecule has 1 unspecified atom stereocenters. The summed E-state index contributed by atoms with van der Waals surface area (Å²) in [5.74, 6) is 0. The molecule has 0 N–H and O–H groups in total. The molecule has 0 bridgehead atoms. The van der Waals surface area contributed by atoms with Gasteiger partial charge in [-0.05, 0) is 55.3 Å². The van der Waals surface area contributed by atoms with Gasteiger partial charge in [0.25, 0.3) is 10.0 Å². The van der Waals surface area contributed by atoms with Gasteiger partial charge in [-0.3, -0.25) is 0 Å². The molecule has 3 aromatic rings. The van der Waals surface area contributed by atoms with E-state index in [9.17, 15) is 8.42 Å². The lowest BCUT2D eigenvalue weighted by Gasteiger charge is -2.29. The lowest BCUT2D eigenvalue weighted by Crippen LogP contribution is -2.24. The van der Waals surface area contributed by atoms with Crippen LogP contribution in [-0.2, 0) is 14.8 Å². The highest BCUT2D eigenvalue weighted by Crippen LogP contribution is 2.43. The van der Waals surface area contributed by atoms with Crippen molar-refractivity contribution >= 4 is 39.6 Å². The monoisotopic (exact) mass is 455 g/mol. The number of rotatable bonds is 8. The van der Waals surface area contributed by atoms with Gasteiger partial charge >= 0.3 is 0 Å². The molecule has 0 saturated carbocycles. The Morgan fingerprint density at radius 1 is 1.00 bits per heavy atom. The minimum Gasteiger partial charge on any atom is -0.199 e. The third kappa shape index (κ3) is 5.42. The first kappa shape index (κ1) is 22.3. The van der Waals surface area contributed by atoms with Crippen LogP contribution in [0.2, 0.25) is 5.02 Å². The van der Waals surface area contributed by atoms with Gasteiger partial charge in [-0.2, -0.15) is 12.8 Å². The first-order chi connectivity index (χ1) is 14.3. The van der Waals surface area contributed by atoms with Crippen molar-refractivity contribution in [2.24, 2.45) is 4.40 Å². The minimum absolute atomic E-state index is 0.165. The van der Waals surface area contributed by atoms with Crippen molar-refractivity contribution in [3.05, 3.63) is 108 Å². The van der Waals surface area contributed by atoms with E-state index in [1.54, 1.807) is 42.5 Å². The second-order valence-electron chi connectivity index (χ2n) is 6.83. The molecule has 0 saturated heterocycles. The Labute approximate surface area is 187 Å². The Bertz CT molecular complexity index is 1130. The maximum atomic E-state index is 12.9. The van der Waals surface area contributed by atoms with Gasteiger partial charge in [0.05, 0.1) is 9.64 Å². The molecule has 154 valence electrons. The summed E-state index contributed by atoms with van der Waals surface area (Å²) in [6, 6.07) is 23.9. The topological polar surface area (TPSA) is 46.5 Å². The second kappa shape index (κ2) is 9.65. The van der Waals surface area contributed by atoms with E-state index in [0.29, 0.717) is 11.4 Å². The Kier molecular flexibility index (Phi) is 7.19. The molecule has 30 heavy (non-hydrogen) atoms. The quantitative estimate of drug-likeness (QED) is 0.216. The summed E-state index contributed by atoms with van der Waals surface area (Å²) in [4.78, 5) is 1.16. The number of thioether (sulfide) groups is 1. The third-order valence-corrected chi connectivity index (χ3v) is 7.43. The van der Waals surface area contributed by atoms with Gasteiger partial charge in [0, 0.05) is 16.1 Å². The summed E-state index contributed by atoms with van der Waals surface area (Å²) in [5.41, 5.74) is 1.88. The number of benzene rings is 3. The Hall–Kier alpha value is -2.34. The van der Waals surface area contributed by atoms with E-state index in [0.717, 1.165) is 16.0 Å². The summed E-state index contributed by atoms with van der Waals surface area (Å²) in [6.07, 6.45) is 3.78. The molecule has 3 nitrogen and oxygen atoms in total. The highest BCUT2D eigenvalue weighted by Gasteiger charge is 2.32. The molecule has 0 aliphatic carbocycles. The fraction of sp³-hybridized carbons (Fsp3) is 0.125. The van der Waals surface area contributed by atoms with E-state index in [2.05, 4.69) is 11.0 Å². The number of aryl methyl sites for hydroxylation is 1. The molecule has 0 aromatic heterocycles. The van der Waals surface area contributed by atoms with E-state index in [1.165, 1.54) is 18.0 Å². The van der Waals surface area contributed by atoms with Crippen molar-refractivity contribution in [2.75, 3.05) is 0 Å². The van der Waals surface area contributed by atoms with Gasteiger partial charge in [0.2, 0.25) is 0 Å². The van der Waals surface area contributed by atoms with E-state index in [4.69, 9.17) is 11.6 Å². The fourth-order valence-electron chi connectivity index (χ4n) is 2.94. The van der Waals surface area contributed by atoms with Gasteiger partial charge in [-0.15, -0.1) is 18.3 Å².